The van der Waals surface area contributed by atoms with Gasteiger partial charge in [0.1, 0.15) is 13.2 Å². The molecule has 0 atom stereocenters. The van der Waals surface area contributed by atoms with Crippen molar-refractivity contribution >= 4 is 22.1 Å². The number of benzene rings is 3. The van der Waals surface area contributed by atoms with Gasteiger partial charge >= 0.3 is 0 Å². The molecule has 3 aromatic carbocycles. The number of imidazole rings is 2. The predicted molar refractivity (Wildman–Crippen MR) is 117 cm³/mol. The van der Waals surface area contributed by atoms with Gasteiger partial charge in [-0.3, -0.25) is 0 Å². The lowest BCUT2D eigenvalue weighted by Crippen LogP contribution is -2.10. The van der Waals surface area contributed by atoms with E-state index in [9.17, 15) is 0 Å². The van der Waals surface area contributed by atoms with E-state index in [2.05, 4.69) is 31.2 Å². The van der Waals surface area contributed by atoms with Crippen LogP contribution in [0.15, 0.2) is 85.5 Å². The summed E-state index contributed by atoms with van der Waals surface area (Å²) in [7, 11) is 0. The summed E-state index contributed by atoms with van der Waals surface area (Å²) in [6.07, 6.45) is 3.71. The summed E-state index contributed by atoms with van der Waals surface area (Å²) in [5.74, 6) is 1.50. The maximum Gasteiger partial charge on any atom is 0.161 e. The van der Waals surface area contributed by atoms with Gasteiger partial charge in [-0.1, -0.05) is 36.4 Å². The molecular formula is C24H22N4O2. The van der Waals surface area contributed by atoms with Crippen LogP contribution >= 0.6 is 0 Å². The van der Waals surface area contributed by atoms with E-state index in [1.807, 2.05) is 73.3 Å². The van der Waals surface area contributed by atoms with Crippen molar-refractivity contribution < 1.29 is 9.47 Å². The largest absolute Gasteiger partial charge is 0.488 e. The van der Waals surface area contributed by atoms with E-state index in [4.69, 9.17) is 9.47 Å². The SMILES string of the molecule is c1ccc(OCCn2cnc3ccccc32)c(OCCn2cnc3ccccc32)c1. The highest BCUT2D eigenvalue weighted by molar-refractivity contribution is 5.75. The zero-order valence-electron chi connectivity index (χ0n) is 16.5. The van der Waals surface area contributed by atoms with Crippen LogP contribution in [0.3, 0.4) is 0 Å². The molecule has 5 rings (SSSR count). The highest BCUT2D eigenvalue weighted by atomic mass is 16.5. The first-order valence-electron chi connectivity index (χ1n) is 10.0. The fraction of sp³-hybridized carbons (Fsp3) is 0.167. The molecule has 0 N–H and O–H groups in total. The molecule has 2 heterocycles. The topological polar surface area (TPSA) is 54.1 Å². The molecule has 0 aliphatic carbocycles. The molecule has 0 amide bonds. The van der Waals surface area contributed by atoms with Gasteiger partial charge in [0, 0.05) is 0 Å². The molecule has 6 heteroatoms. The maximum absolute atomic E-state index is 6.02. The Labute approximate surface area is 174 Å². The minimum atomic E-state index is 0.535. The van der Waals surface area contributed by atoms with E-state index in [1.54, 1.807) is 0 Å². The van der Waals surface area contributed by atoms with Crippen molar-refractivity contribution in [2.24, 2.45) is 0 Å². The maximum atomic E-state index is 6.02. The third kappa shape index (κ3) is 3.72. The predicted octanol–water partition coefficient (Wildman–Crippen LogP) is 4.54. The van der Waals surface area contributed by atoms with E-state index >= 15 is 0 Å². The van der Waals surface area contributed by atoms with Gasteiger partial charge in [0.25, 0.3) is 0 Å². The van der Waals surface area contributed by atoms with Crippen LogP contribution in [0.1, 0.15) is 0 Å². The van der Waals surface area contributed by atoms with Crippen LogP contribution in [-0.4, -0.2) is 32.3 Å². The quantitative estimate of drug-likeness (QED) is 0.385. The second kappa shape index (κ2) is 8.29. The zero-order valence-corrected chi connectivity index (χ0v) is 16.5. The first kappa shape index (κ1) is 18.2. The molecule has 0 saturated heterocycles. The van der Waals surface area contributed by atoms with Crippen molar-refractivity contribution in [2.45, 2.75) is 13.1 Å². The van der Waals surface area contributed by atoms with Crippen molar-refractivity contribution in [1.29, 1.82) is 0 Å². The van der Waals surface area contributed by atoms with Crippen LogP contribution in [0.2, 0.25) is 0 Å². The van der Waals surface area contributed by atoms with E-state index in [1.165, 1.54) is 0 Å². The summed E-state index contributed by atoms with van der Waals surface area (Å²) in [4.78, 5) is 8.85. The zero-order chi connectivity index (χ0) is 20.2. The molecule has 0 aliphatic heterocycles. The summed E-state index contributed by atoms with van der Waals surface area (Å²) in [6.45, 7) is 2.51. The van der Waals surface area contributed by atoms with Crippen molar-refractivity contribution in [3.63, 3.8) is 0 Å². The standard InChI is InChI=1S/C24H22N4O2/c1-3-9-21-19(7-1)25-17-27(21)13-15-29-23-11-5-6-12-24(23)30-16-14-28-18-26-20-8-2-4-10-22(20)28/h1-12,17-18H,13-16H2. The summed E-state index contributed by atoms with van der Waals surface area (Å²) in [5.41, 5.74) is 4.21. The van der Waals surface area contributed by atoms with E-state index < -0.39 is 0 Å². The van der Waals surface area contributed by atoms with E-state index in [0.717, 1.165) is 46.7 Å². The molecule has 5 aromatic rings. The van der Waals surface area contributed by atoms with Gasteiger partial charge in [0.05, 0.1) is 47.8 Å². The van der Waals surface area contributed by atoms with Gasteiger partial charge < -0.3 is 18.6 Å². The molecule has 0 unspecified atom stereocenters. The fourth-order valence-corrected chi connectivity index (χ4v) is 3.57. The first-order valence-corrected chi connectivity index (χ1v) is 10.0. The molecular weight excluding hydrogens is 376 g/mol. The Bertz CT molecular complexity index is 1180. The van der Waals surface area contributed by atoms with E-state index in [-0.39, 0.29) is 0 Å². The Morgan fingerprint density at radius 3 is 1.50 bits per heavy atom. The second-order valence-electron chi connectivity index (χ2n) is 7.00. The molecule has 30 heavy (non-hydrogen) atoms. The second-order valence-corrected chi connectivity index (χ2v) is 7.00. The average Bonchev–Trinajstić information content (AvgIpc) is 3.39. The van der Waals surface area contributed by atoms with Crippen LogP contribution in [0.25, 0.3) is 22.1 Å². The molecule has 150 valence electrons. The molecule has 6 nitrogen and oxygen atoms in total. The third-order valence-electron chi connectivity index (χ3n) is 5.08. The monoisotopic (exact) mass is 398 g/mol. The third-order valence-corrected chi connectivity index (χ3v) is 5.08. The lowest BCUT2D eigenvalue weighted by Gasteiger charge is -2.13. The number of aromatic nitrogens is 4. The molecule has 0 spiro atoms. The Kier molecular flexibility index (Phi) is 5.04. The van der Waals surface area contributed by atoms with Gasteiger partial charge in [-0.2, -0.15) is 0 Å². The molecule has 0 saturated carbocycles. The van der Waals surface area contributed by atoms with Gasteiger partial charge in [0.2, 0.25) is 0 Å². The number of fused-ring (bicyclic) bond motifs is 2. The van der Waals surface area contributed by atoms with Crippen LogP contribution in [0.4, 0.5) is 0 Å². The summed E-state index contributed by atoms with van der Waals surface area (Å²) in [5, 5.41) is 0. The Morgan fingerprint density at radius 1 is 0.567 bits per heavy atom. The number of para-hydroxylation sites is 6. The van der Waals surface area contributed by atoms with Crippen molar-refractivity contribution in [2.75, 3.05) is 13.2 Å². The molecule has 0 bridgehead atoms. The van der Waals surface area contributed by atoms with Crippen molar-refractivity contribution in [1.82, 2.24) is 19.1 Å². The molecule has 2 aromatic heterocycles. The highest BCUT2D eigenvalue weighted by Crippen LogP contribution is 2.26. The number of nitrogens with zero attached hydrogens (tertiary/aromatic N) is 4. The minimum absolute atomic E-state index is 0.535. The number of ether oxygens (including phenoxy) is 2. The van der Waals surface area contributed by atoms with Gasteiger partial charge in [-0.25, -0.2) is 9.97 Å². The van der Waals surface area contributed by atoms with Crippen molar-refractivity contribution in [3.05, 3.63) is 85.5 Å². The fourth-order valence-electron chi connectivity index (χ4n) is 3.57. The first-order chi connectivity index (χ1) is 14.9. The van der Waals surface area contributed by atoms with E-state index in [0.29, 0.717) is 13.2 Å². The Hall–Kier alpha value is -3.80. The lowest BCUT2D eigenvalue weighted by molar-refractivity contribution is 0.254. The van der Waals surface area contributed by atoms with Crippen LogP contribution in [0.5, 0.6) is 11.5 Å². The summed E-state index contributed by atoms with van der Waals surface area (Å²) < 4.78 is 16.2. The number of hydrogen-bond donors (Lipinski definition) is 0. The average molecular weight is 398 g/mol. The molecule has 0 aliphatic rings. The molecule has 0 fully saturated rings. The molecule has 0 radical (unpaired) electrons. The van der Waals surface area contributed by atoms with Gasteiger partial charge in [0.15, 0.2) is 11.5 Å². The minimum Gasteiger partial charge on any atom is -0.488 e. The van der Waals surface area contributed by atoms with Crippen LogP contribution in [0, 0.1) is 0 Å². The Morgan fingerprint density at radius 2 is 1.00 bits per heavy atom. The Balaban J connectivity index is 1.20. The summed E-state index contributed by atoms with van der Waals surface area (Å²) >= 11 is 0. The van der Waals surface area contributed by atoms with Crippen molar-refractivity contribution in [3.8, 4) is 11.5 Å². The lowest BCUT2D eigenvalue weighted by atomic mass is 10.3. The van der Waals surface area contributed by atoms with Crippen LogP contribution < -0.4 is 9.47 Å². The number of rotatable bonds is 8. The van der Waals surface area contributed by atoms with Gasteiger partial charge in [-0.05, 0) is 36.4 Å². The summed E-state index contributed by atoms with van der Waals surface area (Å²) in [6, 6.07) is 24.0. The smallest absolute Gasteiger partial charge is 0.161 e. The van der Waals surface area contributed by atoms with Gasteiger partial charge in [-0.15, -0.1) is 0 Å². The normalized spacial score (nSPS) is 11.2. The highest BCUT2D eigenvalue weighted by Gasteiger charge is 2.07. The van der Waals surface area contributed by atoms with Crippen LogP contribution in [-0.2, 0) is 13.1 Å². The number of hydrogen-bond acceptors (Lipinski definition) is 4.